The summed E-state index contributed by atoms with van der Waals surface area (Å²) in [7, 11) is 0. The van der Waals surface area contributed by atoms with Crippen molar-refractivity contribution in [2.45, 2.75) is 323 Å². The van der Waals surface area contributed by atoms with Crippen LogP contribution in [0.4, 0.5) is 0 Å². The van der Waals surface area contributed by atoms with Crippen LogP contribution >= 0.6 is 0 Å². The second kappa shape index (κ2) is 49.8. The van der Waals surface area contributed by atoms with Gasteiger partial charge in [0, 0.05) is 19.3 Å². The molecule has 6 nitrogen and oxygen atoms in total. The zero-order chi connectivity index (χ0) is 46.1. The molecule has 374 valence electrons. The van der Waals surface area contributed by atoms with Crippen molar-refractivity contribution in [3.8, 4) is 0 Å². The number of rotatable bonds is 51. The molecule has 0 amide bonds. The minimum Gasteiger partial charge on any atom is -0.462 e. The van der Waals surface area contributed by atoms with Crippen molar-refractivity contribution >= 4 is 17.9 Å². The van der Waals surface area contributed by atoms with Crippen LogP contribution in [0.1, 0.15) is 317 Å². The Kier molecular flexibility index (Phi) is 48.6. The third kappa shape index (κ3) is 49.7. The zero-order valence-electron chi connectivity index (χ0n) is 43.2. The molecule has 0 radical (unpaired) electrons. The van der Waals surface area contributed by atoms with E-state index in [1.54, 1.807) is 0 Å². The largest absolute Gasteiger partial charge is 0.462 e. The Morgan fingerprint density at radius 1 is 0.333 bits per heavy atom. The summed E-state index contributed by atoms with van der Waals surface area (Å²) in [6.45, 7) is 11.4. The van der Waals surface area contributed by atoms with Gasteiger partial charge in [0.15, 0.2) is 6.10 Å². The number of carbonyl (C=O) groups is 3. The third-order valence-corrected chi connectivity index (χ3v) is 13.3. The third-order valence-electron chi connectivity index (χ3n) is 13.3. The lowest BCUT2D eigenvalue weighted by molar-refractivity contribution is -0.167. The first kappa shape index (κ1) is 61.4. The Morgan fingerprint density at radius 3 is 0.905 bits per heavy atom. The molecule has 2 atom stereocenters. The van der Waals surface area contributed by atoms with E-state index in [1.165, 1.54) is 205 Å². The monoisotopic (exact) mass is 891 g/mol. The van der Waals surface area contributed by atoms with E-state index in [4.69, 9.17) is 14.2 Å². The van der Waals surface area contributed by atoms with Crippen LogP contribution in [0.3, 0.4) is 0 Å². The molecule has 0 saturated heterocycles. The van der Waals surface area contributed by atoms with Crippen LogP contribution in [0, 0.1) is 11.8 Å². The molecule has 0 heterocycles. The summed E-state index contributed by atoms with van der Waals surface area (Å²) >= 11 is 0. The zero-order valence-corrected chi connectivity index (χ0v) is 43.2. The summed E-state index contributed by atoms with van der Waals surface area (Å²) < 4.78 is 16.9. The summed E-state index contributed by atoms with van der Waals surface area (Å²) in [5.74, 6) is 0.860. The molecular formula is C57H110O6. The Balaban J connectivity index is 4.31. The Labute approximate surface area is 393 Å². The van der Waals surface area contributed by atoms with E-state index in [2.05, 4.69) is 34.6 Å². The van der Waals surface area contributed by atoms with Crippen LogP contribution in [-0.2, 0) is 28.6 Å². The van der Waals surface area contributed by atoms with Gasteiger partial charge in [-0.05, 0) is 31.1 Å². The van der Waals surface area contributed by atoms with Crippen LogP contribution in [0.15, 0.2) is 0 Å². The molecule has 0 aromatic rings. The molecule has 0 aliphatic heterocycles. The molecule has 1 unspecified atom stereocenters. The van der Waals surface area contributed by atoms with Gasteiger partial charge in [0.1, 0.15) is 13.2 Å². The number of hydrogen-bond donors (Lipinski definition) is 0. The maximum atomic E-state index is 12.8. The highest BCUT2D eigenvalue weighted by Gasteiger charge is 2.19. The molecule has 0 N–H and O–H groups in total. The van der Waals surface area contributed by atoms with Gasteiger partial charge in [-0.2, -0.15) is 0 Å². The van der Waals surface area contributed by atoms with Crippen molar-refractivity contribution in [1.29, 1.82) is 0 Å². The SMILES string of the molecule is CCCCCCCCCCCCCCCCCCC(=O)OC[C@@H](COC(=O)CCCCCCCCCCCCC(C)CC)OC(=O)CCCCCCCCCCCCCCC(C)C. The van der Waals surface area contributed by atoms with Crippen LogP contribution in [0.25, 0.3) is 0 Å². The van der Waals surface area contributed by atoms with Crippen molar-refractivity contribution in [1.82, 2.24) is 0 Å². The van der Waals surface area contributed by atoms with Crippen molar-refractivity contribution in [3.63, 3.8) is 0 Å². The predicted octanol–water partition coefficient (Wildman–Crippen LogP) is 18.5. The van der Waals surface area contributed by atoms with Crippen molar-refractivity contribution in [2.24, 2.45) is 11.8 Å². The molecule has 0 fully saturated rings. The van der Waals surface area contributed by atoms with Gasteiger partial charge >= 0.3 is 17.9 Å². The summed E-state index contributed by atoms with van der Waals surface area (Å²) in [6.07, 6.45) is 52.2. The fourth-order valence-corrected chi connectivity index (χ4v) is 8.66. The van der Waals surface area contributed by atoms with E-state index in [-0.39, 0.29) is 31.1 Å². The summed E-state index contributed by atoms with van der Waals surface area (Å²) in [6, 6.07) is 0. The van der Waals surface area contributed by atoms with Gasteiger partial charge < -0.3 is 14.2 Å². The van der Waals surface area contributed by atoms with E-state index in [9.17, 15) is 14.4 Å². The number of ether oxygens (including phenoxy) is 3. The fourth-order valence-electron chi connectivity index (χ4n) is 8.66. The lowest BCUT2D eigenvalue weighted by Gasteiger charge is -2.18. The molecule has 0 rings (SSSR count). The minimum atomic E-state index is -0.763. The first-order valence-corrected chi connectivity index (χ1v) is 28.3. The molecule has 0 saturated carbocycles. The smallest absolute Gasteiger partial charge is 0.306 e. The topological polar surface area (TPSA) is 78.9 Å². The van der Waals surface area contributed by atoms with Gasteiger partial charge in [-0.1, -0.05) is 279 Å². The fraction of sp³-hybridized carbons (Fsp3) is 0.947. The second-order valence-electron chi connectivity index (χ2n) is 20.3. The average Bonchev–Trinajstić information content (AvgIpc) is 3.27. The molecule has 6 heteroatoms. The maximum absolute atomic E-state index is 12.8. The Morgan fingerprint density at radius 2 is 0.603 bits per heavy atom. The standard InChI is InChI=1S/C57H110O6/c1-6-8-9-10-11-12-13-14-15-16-17-21-27-32-37-42-47-55(58)61-50-54(51-62-56(59)48-43-38-33-28-24-23-26-31-36-41-46-53(5)7-2)63-57(60)49-44-39-34-29-22-19-18-20-25-30-35-40-45-52(3)4/h52-54H,6-51H2,1-5H3/t53?,54-/m0/s1. The quantitative estimate of drug-likeness (QED) is 0.0344. The van der Waals surface area contributed by atoms with Gasteiger partial charge in [-0.3, -0.25) is 14.4 Å². The van der Waals surface area contributed by atoms with Crippen molar-refractivity contribution in [2.75, 3.05) is 13.2 Å². The van der Waals surface area contributed by atoms with Gasteiger partial charge in [0.25, 0.3) is 0 Å². The number of hydrogen-bond acceptors (Lipinski definition) is 6. The highest BCUT2D eigenvalue weighted by Crippen LogP contribution is 2.18. The number of esters is 3. The molecule has 0 spiro atoms. The second-order valence-corrected chi connectivity index (χ2v) is 20.3. The maximum Gasteiger partial charge on any atom is 0.306 e. The normalized spacial score (nSPS) is 12.5. The number of unbranched alkanes of at least 4 members (excludes halogenated alkanes) is 35. The first-order chi connectivity index (χ1) is 30.8. The highest BCUT2D eigenvalue weighted by molar-refractivity contribution is 5.71. The molecule has 0 aromatic carbocycles. The van der Waals surface area contributed by atoms with Gasteiger partial charge in [-0.15, -0.1) is 0 Å². The lowest BCUT2D eigenvalue weighted by Crippen LogP contribution is -2.30. The molecule has 0 aliphatic carbocycles. The van der Waals surface area contributed by atoms with Crippen molar-refractivity contribution in [3.05, 3.63) is 0 Å². The minimum absolute atomic E-state index is 0.0630. The predicted molar refractivity (Wildman–Crippen MR) is 270 cm³/mol. The van der Waals surface area contributed by atoms with Gasteiger partial charge in [0.2, 0.25) is 0 Å². The lowest BCUT2D eigenvalue weighted by atomic mass is 9.99. The molecule has 0 bridgehead atoms. The summed E-state index contributed by atoms with van der Waals surface area (Å²) in [4.78, 5) is 38.1. The molecule has 0 aromatic heterocycles. The van der Waals surface area contributed by atoms with E-state index in [0.717, 1.165) is 69.6 Å². The average molecular weight is 892 g/mol. The Hall–Kier alpha value is -1.59. The van der Waals surface area contributed by atoms with Crippen LogP contribution in [0.5, 0.6) is 0 Å². The summed E-state index contributed by atoms with van der Waals surface area (Å²) in [5.41, 5.74) is 0. The van der Waals surface area contributed by atoms with Crippen molar-refractivity contribution < 1.29 is 28.6 Å². The first-order valence-electron chi connectivity index (χ1n) is 28.3. The molecule has 63 heavy (non-hydrogen) atoms. The van der Waals surface area contributed by atoms with Gasteiger partial charge in [-0.25, -0.2) is 0 Å². The molecule has 0 aliphatic rings. The van der Waals surface area contributed by atoms with Crippen LogP contribution < -0.4 is 0 Å². The summed E-state index contributed by atoms with van der Waals surface area (Å²) in [5, 5.41) is 0. The Bertz CT molecular complexity index is 964. The van der Waals surface area contributed by atoms with Crippen LogP contribution in [0.2, 0.25) is 0 Å². The molecular weight excluding hydrogens is 781 g/mol. The van der Waals surface area contributed by atoms with Crippen LogP contribution in [-0.4, -0.2) is 37.2 Å². The van der Waals surface area contributed by atoms with E-state index in [0.29, 0.717) is 19.3 Å². The van der Waals surface area contributed by atoms with E-state index >= 15 is 0 Å². The highest BCUT2D eigenvalue weighted by atomic mass is 16.6. The van der Waals surface area contributed by atoms with E-state index < -0.39 is 6.10 Å². The number of carbonyl (C=O) groups excluding carboxylic acids is 3. The van der Waals surface area contributed by atoms with E-state index in [1.807, 2.05) is 0 Å². The van der Waals surface area contributed by atoms with Gasteiger partial charge in [0.05, 0.1) is 0 Å².